The Kier molecular flexibility index (Phi) is 4.39. The van der Waals surface area contributed by atoms with Crippen molar-refractivity contribution in [2.24, 2.45) is 0 Å². The predicted octanol–water partition coefficient (Wildman–Crippen LogP) is 0.893. The molecule has 0 saturated heterocycles. The van der Waals surface area contributed by atoms with Gasteiger partial charge in [-0.2, -0.15) is 11.8 Å². The first-order valence-electron chi connectivity index (χ1n) is 4.19. The number of aromatic amines is 1. The molecule has 0 atom stereocenters. The maximum atomic E-state index is 11.3. The molecule has 0 unspecified atom stereocenters. The van der Waals surface area contributed by atoms with Crippen LogP contribution in [0.4, 0.5) is 0 Å². The summed E-state index contributed by atoms with van der Waals surface area (Å²) in [6.07, 6.45) is 3.01. The van der Waals surface area contributed by atoms with E-state index in [4.69, 9.17) is 0 Å². The fraction of sp³-hybridized carbons (Fsp3) is 0.500. The van der Waals surface area contributed by atoms with Gasteiger partial charge in [0.25, 0.3) is 5.91 Å². The van der Waals surface area contributed by atoms with E-state index in [1.807, 2.05) is 0 Å². The van der Waals surface area contributed by atoms with Crippen LogP contribution < -0.4 is 5.32 Å². The van der Waals surface area contributed by atoms with Gasteiger partial charge in [0.1, 0.15) is 5.69 Å². The summed E-state index contributed by atoms with van der Waals surface area (Å²) >= 11 is 1.81. The third-order valence-corrected chi connectivity index (χ3v) is 2.38. The number of nitrogens with one attached hydrogen (secondary N) is 2. The summed E-state index contributed by atoms with van der Waals surface area (Å²) < 4.78 is 0. The van der Waals surface area contributed by atoms with Gasteiger partial charge in [0.05, 0.1) is 12.5 Å². The van der Waals surface area contributed by atoms with Crippen molar-refractivity contribution >= 4 is 17.7 Å². The van der Waals surface area contributed by atoms with Gasteiger partial charge in [-0.15, -0.1) is 0 Å². The Morgan fingerprint density at radius 1 is 1.77 bits per heavy atom. The fourth-order valence-corrected chi connectivity index (χ4v) is 1.39. The quantitative estimate of drug-likeness (QED) is 0.692. The Morgan fingerprint density at radius 2 is 2.62 bits per heavy atom. The van der Waals surface area contributed by atoms with E-state index in [-0.39, 0.29) is 5.91 Å². The van der Waals surface area contributed by atoms with Crippen molar-refractivity contribution in [2.75, 3.05) is 18.1 Å². The van der Waals surface area contributed by atoms with Crippen molar-refractivity contribution in [3.05, 3.63) is 18.2 Å². The number of imidazole rings is 1. The van der Waals surface area contributed by atoms with Crippen molar-refractivity contribution in [3.8, 4) is 0 Å². The zero-order valence-electron chi connectivity index (χ0n) is 7.54. The average molecular weight is 199 g/mol. The maximum Gasteiger partial charge on any atom is 0.269 e. The van der Waals surface area contributed by atoms with Crippen LogP contribution in [0.2, 0.25) is 0 Å². The minimum absolute atomic E-state index is 0.0887. The van der Waals surface area contributed by atoms with E-state index >= 15 is 0 Å². The highest BCUT2D eigenvalue weighted by atomic mass is 32.2. The Balaban J connectivity index is 2.19. The number of thioether (sulfide) groups is 1. The van der Waals surface area contributed by atoms with Crippen LogP contribution in [0.5, 0.6) is 0 Å². The summed E-state index contributed by atoms with van der Waals surface area (Å²) in [5, 5.41) is 2.79. The maximum absolute atomic E-state index is 11.3. The zero-order valence-corrected chi connectivity index (χ0v) is 8.36. The smallest absolute Gasteiger partial charge is 0.269 e. The van der Waals surface area contributed by atoms with Crippen LogP contribution in [0.3, 0.4) is 0 Å². The van der Waals surface area contributed by atoms with Gasteiger partial charge in [-0.1, -0.05) is 6.92 Å². The van der Waals surface area contributed by atoms with E-state index in [9.17, 15) is 4.79 Å². The summed E-state index contributed by atoms with van der Waals surface area (Å²) in [6.45, 7) is 2.80. The van der Waals surface area contributed by atoms with E-state index in [1.165, 1.54) is 12.5 Å². The van der Waals surface area contributed by atoms with E-state index in [0.29, 0.717) is 12.2 Å². The summed E-state index contributed by atoms with van der Waals surface area (Å²) in [4.78, 5) is 17.8. The van der Waals surface area contributed by atoms with Gasteiger partial charge in [0, 0.05) is 12.3 Å². The molecule has 72 valence electrons. The highest BCUT2D eigenvalue weighted by Gasteiger charge is 2.04. The number of hydrogen-bond donors (Lipinski definition) is 2. The van der Waals surface area contributed by atoms with Gasteiger partial charge in [-0.3, -0.25) is 4.79 Å². The molecule has 1 heterocycles. The zero-order chi connectivity index (χ0) is 9.52. The molecule has 0 aliphatic heterocycles. The topological polar surface area (TPSA) is 57.8 Å². The summed E-state index contributed by atoms with van der Waals surface area (Å²) in [5.74, 6) is 1.95. The molecule has 5 heteroatoms. The number of amides is 1. The Bertz CT molecular complexity index is 248. The second kappa shape index (κ2) is 5.64. The minimum atomic E-state index is -0.0887. The van der Waals surface area contributed by atoms with Gasteiger partial charge in [-0.05, 0) is 5.75 Å². The molecule has 2 N–H and O–H groups in total. The second-order valence-corrected chi connectivity index (χ2v) is 3.81. The van der Waals surface area contributed by atoms with Gasteiger partial charge < -0.3 is 10.3 Å². The largest absolute Gasteiger partial charge is 0.350 e. The van der Waals surface area contributed by atoms with E-state index in [2.05, 4.69) is 22.2 Å². The first-order valence-corrected chi connectivity index (χ1v) is 5.34. The lowest BCUT2D eigenvalue weighted by Crippen LogP contribution is -2.26. The number of carbonyl (C=O) groups excluding carboxylic acids is 1. The molecule has 1 rings (SSSR count). The standard InChI is InChI=1S/C8H13N3OS/c1-2-13-4-3-10-8(12)7-5-9-6-11-7/h5-6H,2-4H2,1H3,(H,9,11)(H,10,12). The first-order chi connectivity index (χ1) is 6.34. The SMILES string of the molecule is CCSCCNC(=O)c1cnc[nH]1. The van der Waals surface area contributed by atoms with Gasteiger partial charge in [0.15, 0.2) is 0 Å². The van der Waals surface area contributed by atoms with Crippen molar-refractivity contribution in [2.45, 2.75) is 6.92 Å². The van der Waals surface area contributed by atoms with Crippen molar-refractivity contribution in [1.82, 2.24) is 15.3 Å². The molecule has 0 spiro atoms. The Morgan fingerprint density at radius 3 is 3.23 bits per heavy atom. The average Bonchev–Trinajstić information content (AvgIpc) is 2.65. The third kappa shape index (κ3) is 3.50. The second-order valence-electron chi connectivity index (χ2n) is 2.42. The van der Waals surface area contributed by atoms with Crippen molar-refractivity contribution < 1.29 is 4.79 Å². The van der Waals surface area contributed by atoms with Crippen LogP contribution in [-0.4, -0.2) is 33.9 Å². The molecule has 0 fully saturated rings. The number of rotatable bonds is 5. The normalized spacial score (nSPS) is 9.92. The van der Waals surface area contributed by atoms with E-state index in [1.54, 1.807) is 11.8 Å². The van der Waals surface area contributed by atoms with Crippen molar-refractivity contribution in [3.63, 3.8) is 0 Å². The minimum Gasteiger partial charge on any atom is -0.350 e. The van der Waals surface area contributed by atoms with Gasteiger partial charge in [-0.25, -0.2) is 4.98 Å². The van der Waals surface area contributed by atoms with Gasteiger partial charge >= 0.3 is 0 Å². The van der Waals surface area contributed by atoms with Crippen LogP contribution >= 0.6 is 11.8 Å². The summed E-state index contributed by atoms with van der Waals surface area (Å²) in [6, 6.07) is 0. The van der Waals surface area contributed by atoms with Gasteiger partial charge in [0.2, 0.25) is 0 Å². The lowest BCUT2D eigenvalue weighted by atomic mass is 10.4. The van der Waals surface area contributed by atoms with Crippen LogP contribution in [0.25, 0.3) is 0 Å². The molecule has 0 bridgehead atoms. The number of nitrogens with zero attached hydrogens (tertiary/aromatic N) is 1. The van der Waals surface area contributed by atoms with Crippen LogP contribution in [-0.2, 0) is 0 Å². The molecular weight excluding hydrogens is 186 g/mol. The molecule has 1 aromatic heterocycles. The molecule has 0 aromatic carbocycles. The van der Waals surface area contributed by atoms with Crippen LogP contribution in [0.1, 0.15) is 17.4 Å². The van der Waals surface area contributed by atoms with Crippen molar-refractivity contribution in [1.29, 1.82) is 0 Å². The van der Waals surface area contributed by atoms with Crippen LogP contribution in [0.15, 0.2) is 12.5 Å². The summed E-state index contributed by atoms with van der Waals surface area (Å²) in [5.41, 5.74) is 0.515. The molecular formula is C8H13N3OS. The molecule has 1 amide bonds. The third-order valence-electron chi connectivity index (χ3n) is 1.48. The molecule has 4 nitrogen and oxygen atoms in total. The Labute approximate surface area is 81.5 Å². The summed E-state index contributed by atoms with van der Waals surface area (Å²) in [7, 11) is 0. The monoisotopic (exact) mass is 199 g/mol. The number of aromatic nitrogens is 2. The molecule has 0 aliphatic carbocycles. The highest BCUT2D eigenvalue weighted by molar-refractivity contribution is 7.99. The number of hydrogen-bond acceptors (Lipinski definition) is 3. The fourth-order valence-electron chi connectivity index (χ4n) is 0.856. The number of H-pyrrole nitrogens is 1. The molecule has 13 heavy (non-hydrogen) atoms. The lowest BCUT2D eigenvalue weighted by Gasteiger charge is -2.01. The lowest BCUT2D eigenvalue weighted by molar-refractivity contribution is 0.0951. The molecule has 0 radical (unpaired) electrons. The number of carbonyl (C=O) groups is 1. The molecule has 0 saturated carbocycles. The molecule has 1 aromatic rings. The predicted molar refractivity (Wildman–Crippen MR) is 53.9 cm³/mol. The van der Waals surface area contributed by atoms with E-state index < -0.39 is 0 Å². The first kappa shape index (κ1) is 10.1. The van der Waals surface area contributed by atoms with E-state index in [0.717, 1.165) is 11.5 Å². The molecule has 0 aliphatic rings. The Hall–Kier alpha value is -0.970. The van der Waals surface area contributed by atoms with Crippen LogP contribution in [0, 0.1) is 0 Å². The highest BCUT2D eigenvalue weighted by Crippen LogP contribution is 1.96.